The Kier molecular flexibility index (Phi) is 7.74. The molecule has 0 radical (unpaired) electrons. The maximum absolute atomic E-state index is 6.04. The maximum atomic E-state index is 6.04. The Morgan fingerprint density at radius 3 is 1.47 bits per heavy atom. The highest BCUT2D eigenvalue weighted by Gasteiger charge is 2.15. The molecule has 1 heterocycles. The summed E-state index contributed by atoms with van der Waals surface area (Å²) in [6.07, 6.45) is 0. The Labute approximate surface area is 288 Å². The van der Waals surface area contributed by atoms with Crippen molar-refractivity contribution in [3.05, 3.63) is 174 Å². The molecule has 7 aromatic carbocycles. The number of nitrogens with zero attached hydrogens (tertiary/aromatic N) is 2. The lowest BCUT2D eigenvalue weighted by atomic mass is 10.0. The van der Waals surface area contributed by atoms with Gasteiger partial charge in [-0.1, -0.05) is 90.5 Å². The monoisotopic (exact) mass is 634 g/mol. The minimum Gasteiger partial charge on any atom is -0.456 e. The first-order chi connectivity index (χ1) is 23.9. The lowest BCUT2D eigenvalue weighted by Crippen LogP contribution is -2.10. The zero-order valence-corrected chi connectivity index (χ0v) is 28.3. The van der Waals surface area contributed by atoms with Gasteiger partial charge in [0.1, 0.15) is 11.2 Å². The number of rotatable bonds is 7. The van der Waals surface area contributed by atoms with Crippen molar-refractivity contribution in [3.63, 3.8) is 0 Å². The fourth-order valence-electron chi connectivity index (χ4n) is 6.61. The Bertz CT molecular complexity index is 2400. The van der Waals surface area contributed by atoms with Gasteiger partial charge in [0, 0.05) is 46.3 Å². The van der Waals surface area contributed by atoms with Crippen molar-refractivity contribution < 1.29 is 4.42 Å². The molecule has 0 bridgehead atoms. The summed E-state index contributed by atoms with van der Waals surface area (Å²) in [6, 6.07) is 56.6. The molecule has 238 valence electrons. The zero-order chi connectivity index (χ0) is 33.5. The van der Waals surface area contributed by atoms with Crippen molar-refractivity contribution in [2.75, 3.05) is 16.8 Å². The van der Waals surface area contributed by atoms with Crippen LogP contribution in [0.4, 0.5) is 28.4 Å². The highest BCUT2D eigenvalue weighted by molar-refractivity contribution is 6.06. The van der Waals surface area contributed by atoms with E-state index in [1.807, 2.05) is 12.1 Å². The minimum absolute atomic E-state index is 0.910. The van der Waals surface area contributed by atoms with Crippen LogP contribution in [0.3, 0.4) is 0 Å². The summed E-state index contributed by atoms with van der Waals surface area (Å²) in [6.45, 7) is 6.47. The molecule has 3 heteroatoms. The molecule has 0 saturated heterocycles. The summed E-state index contributed by atoms with van der Waals surface area (Å²) in [5.74, 6) is 0. The van der Waals surface area contributed by atoms with Gasteiger partial charge in [-0.05, 0) is 127 Å². The molecule has 3 nitrogen and oxygen atoms in total. The van der Waals surface area contributed by atoms with E-state index in [0.29, 0.717) is 0 Å². The van der Waals surface area contributed by atoms with Gasteiger partial charge in [0.2, 0.25) is 0 Å². The Hall–Kier alpha value is -6.06. The molecule has 0 spiro atoms. The molecule has 8 rings (SSSR count). The summed E-state index contributed by atoms with van der Waals surface area (Å²) in [5.41, 5.74) is 16.1. The van der Waals surface area contributed by atoms with E-state index in [4.69, 9.17) is 4.42 Å². The minimum atomic E-state index is 0.910. The van der Waals surface area contributed by atoms with Crippen molar-refractivity contribution in [1.82, 2.24) is 0 Å². The average Bonchev–Trinajstić information content (AvgIpc) is 3.52. The van der Waals surface area contributed by atoms with Gasteiger partial charge in [-0.3, -0.25) is 0 Å². The smallest absolute Gasteiger partial charge is 0.135 e. The number of para-hydroxylation sites is 1. The Balaban J connectivity index is 1.07. The summed E-state index contributed by atoms with van der Waals surface area (Å²) >= 11 is 0. The Morgan fingerprint density at radius 2 is 0.878 bits per heavy atom. The first-order valence-electron chi connectivity index (χ1n) is 16.8. The Morgan fingerprint density at radius 1 is 0.388 bits per heavy atom. The fourth-order valence-corrected chi connectivity index (χ4v) is 6.61. The van der Waals surface area contributed by atoms with Gasteiger partial charge in [-0.15, -0.1) is 0 Å². The normalized spacial score (nSPS) is 11.3. The summed E-state index contributed by atoms with van der Waals surface area (Å²) < 4.78 is 6.04. The second kappa shape index (κ2) is 12.5. The average molecular weight is 635 g/mol. The SMILES string of the molecule is Cc1ccc(-c2ccc(N(c3ccc(-c4ccc(N(C)c5ccc6oc7ccccc7c6c5)cc4)cc3)c3ccc(C)c(C)c3)cc2)cc1. The molecule has 0 fully saturated rings. The first-order valence-corrected chi connectivity index (χ1v) is 16.8. The van der Waals surface area contributed by atoms with Gasteiger partial charge < -0.3 is 14.2 Å². The number of furan rings is 1. The molecule has 1 aromatic heterocycles. The second-order valence-corrected chi connectivity index (χ2v) is 12.9. The molecule has 0 aliphatic heterocycles. The van der Waals surface area contributed by atoms with E-state index in [1.54, 1.807) is 0 Å². The summed E-state index contributed by atoms with van der Waals surface area (Å²) in [4.78, 5) is 4.56. The van der Waals surface area contributed by atoms with Gasteiger partial charge >= 0.3 is 0 Å². The molecule has 0 atom stereocenters. The molecule has 49 heavy (non-hydrogen) atoms. The molecule has 0 N–H and O–H groups in total. The molecular weight excluding hydrogens is 597 g/mol. The number of benzene rings is 7. The number of aryl methyl sites for hydroxylation is 3. The third-order valence-electron chi connectivity index (χ3n) is 9.72. The highest BCUT2D eigenvalue weighted by atomic mass is 16.3. The fraction of sp³-hybridized carbons (Fsp3) is 0.0870. The van der Waals surface area contributed by atoms with Crippen molar-refractivity contribution >= 4 is 50.4 Å². The van der Waals surface area contributed by atoms with Crippen molar-refractivity contribution in [1.29, 1.82) is 0 Å². The van der Waals surface area contributed by atoms with Crippen LogP contribution < -0.4 is 9.80 Å². The topological polar surface area (TPSA) is 19.6 Å². The molecule has 0 aliphatic rings. The second-order valence-electron chi connectivity index (χ2n) is 12.9. The van der Waals surface area contributed by atoms with E-state index in [2.05, 4.69) is 183 Å². The molecular formula is C46H38N2O. The molecule has 0 aliphatic carbocycles. The molecule has 0 saturated carbocycles. The van der Waals surface area contributed by atoms with Crippen molar-refractivity contribution in [2.24, 2.45) is 0 Å². The van der Waals surface area contributed by atoms with Crippen LogP contribution in [-0.2, 0) is 0 Å². The van der Waals surface area contributed by atoms with Crippen LogP contribution in [0, 0.1) is 20.8 Å². The van der Waals surface area contributed by atoms with E-state index in [0.717, 1.165) is 50.4 Å². The third-order valence-corrected chi connectivity index (χ3v) is 9.72. The van der Waals surface area contributed by atoms with Crippen LogP contribution in [0.15, 0.2) is 162 Å². The van der Waals surface area contributed by atoms with Crippen LogP contribution in [0.1, 0.15) is 16.7 Å². The number of fused-ring (bicyclic) bond motifs is 3. The van der Waals surface area contributed by atoms with Crippen molar-refractivity contribution in [2.45, 2.75) is 20.8 Å². The van der Waals surface area contributed by atoms with Crippen LogP contribution in [0.2, 0.25) is 0 Å². The predicted octanol–water partition coefficient (Wildman–Crippen LogP) is 13.1. The maximum Gasteiger partial charge on any atom is 0.135 e. The van der Waals surface area contributed by atoms with E-state index in [-0.39, 0.29) is 0 Å². The molecule has 0 amide bonds. The van der Waals surface area contributed by atoms with E-state index >= 15 is 0 Å². The standard InChI is InChI=1S/C46H38N2O/c1-31-9-12-34(13-10-31)36-16-23-39(24-17-36)48(42-20-11-32(2)33(3)29-42)40-25-18-37(19-26-40)35-14-21-38(22-15-35)47(4)41-27-28-46-44(30-41)43-7-5-6-8-45(43)49-46/h5-30H,1-4H3. The van der Waals surface area contributed by atoms with Gasteiger partial charge in [0.25, 0.3) is 0 Å². The van der Waals surface area contributed by atoms with Gasteiger partial charge in [0.05, 0.1) is 0 Å². The van der Waals surface area contributed by atoms with Crippen LogP contribution in [0.25, 0.3) is 44.2 Å². The van der Waals surface area contributed by atoms with E-state index < -0.39 is 0 Å². The quantitative estimate of drug-likeness (QED) is 0.174. The third kappa shape index (κ3) is 5.85. The first kappa shape index (κ1) is 30.3. The summed E-state index contributed by atoms with van der Waals surface area (Å²) in [5, 5.41) is 2.27. The largest absolute Gasteiger partial charge is 0.456 e. The number of hydrogen-bond acceptors (Lipinski definition) is 3. The predicted molar refractivity (Wildman–Crippen MR) is 208 cm³/mol. The summed E-state index contributed by atoms with van der Waals surface area (Å²) in [7, 11) is 2.11. The van der Waals surface area contributed by atoms with Crippen LogP contribution in [-0.4, -0.2) is 7.05 Å². The number of anilines is 5. The lowest BCUT2D eigenvalue weighted by molar-refractivity contribution is 0.669. The van der Waals surface area contributed by atoms with E-state index in [9.17, 15) is 0 Å². The zero-order valence-electron chi connectivity index (χ0n) is 28.3. The van der Waals surface area contributed by atoms with Gasteiger partial charge in [-0.2, -0.15) is 0 Å². The highest BCUT2D eigenvalue weighted by Crippen LogP contribution is 2.38. The number of hydrogen-bond donors (Lipinski definition) is 0. The molecule has 8 aromatic rings. The van der Waals surface area contributed by atoms with Crippen LogP contribution >= 0.6 is 0 Å². The van der Waals surface area contributed by atoms with Crippen LogP contribution in [0.5, 0.6) is 0 Å². The molecule has 0 unspecified atom stereocenters. The van der Waals surface area contributed by atoms with Gasteiger partial charge in [0.15, 0.2) is 0 Å². The lowest BCUT2D eigenvalue weighted by Gasteiger charge is -2.26. The van der Waals surface area contributed by atoms with Gasteiger partial charge in [-0.25, -0.2) is 0 Å². The van der Waals surface area contributed by atoms with E-state index in [1.165, 1.54) is 38.9 Å². The van der Waals surface area contributed by atoms with Crippen molar-refractivity contribution in [3.8, 4) is 22.3 Å².